The summed E-state index contributed by atoms with van der Waals surface area (Å²) in [6, 6.07) is 16.1. The number of oxime groups is 1. The molecular formula is C18H17N3O3. The molecule has 0 aliphatic heterocycles. The summed E-state index contributed by atoms with van der Waals surface area (Å²) in [5.41, 5.74) is 1.56. The molecule has 2 aromatic rings. The molecule has 0 aliphatic rings. The third-order valence-corrected chi connectivity index (χ3v) is 3.22. The Morgan fingerprint density at radius 3 is 2.71 bits per heavy atom. The highest BCUT2D eigenvalue weighted by Gasteiger charge is 2.15. The van der Waals surface area contributed by atoms with Gasteiger partial charge in [-0.05, 0) is 31.2 Å². The Kier molecular flexibility index (Phi) is 5.92. The van der Waals surface area contributed by atoms with Crippen LogP contribution in [0.5, 0.6) is 5.75 Å². The number of amides is 1. The Balaban J connectivity index is 1.97. The molecular weight excluding hydrogens is 306 g/mol. The lowest BCUT2D eigenvalue weighted by Gasteiger charge is -2.11. The number of benzene rings is 2. The van der Waals surface area contributed by atoms with Gasteiger partial charge in [-0.1, -0.05) is 29.4 Å². The molecule has 0 unspecified atom stereocenters. The van der Waals surface area contributed by atoms with E-state index in [0.717, 1.165) is 5.56 Å². The number of nitrogens with one attached hydrogen (secondary N) is 1. The number of hydrogen-bond donors (Lipinski definition) is 1. The summed E-state index contributed by atoms with van der Waals surface area (Å²) in [5, 5.41) is 15.5. The molecule has 2 aromatic carbocycles. The Hall–Kier alpha value is -3.33. The first kappa shape index (κ1) is 17.0. The highest BCUT2D eigenvalue weighted by Crippen LogP contribution is 2.16. The van der Waals surface area contributed by atoms with E-state index in [1.165, 1.54) is 6.21 Å². The molecule has 6 heteroatoms. The van der Waals surface area contributed by atoms with Gasteiger partial charge in [0.05, 0.1) is 24.6 Å². The topological polar surface area (TPSA) is 83.7 Å². The maximum atomic E-state index is 12.1. The van der Waals surface area contributed by atoms with Gasteiger partial charge in [0.25, 0.3) is 5.91 Å². The number of methoxy groups -OCH3 is 1. The lowest BCUT2D eigenvalue weighted by molar-refractivity contribution is -0.126. The van der Waals surface area contributed by atoms with Gasteiger partial charge in [0.15, 0.2) is 0 Å². The Bertz CT molecular complexity index is 781. The minimum absolute atomic E-state index is 0.385. The minimum Gasteiger partial charge on any atom is -0.496 e. The van der Waals surface area contributed by atoms with Gasteiger partial charge < -0.3 is 14.9 Å². The number of carbonyl (C=O) groups excluding carboxylic acids is 1. The second-order valence-corrected chi connectivity index (χ2v) is 4.87. The van der Waals surface area contributed by atoms with E-state index in [0.29, 0.717) is 17.0 Å². The fourth-order valence-electron chi connectivity index (χ4n) is 1.92. The number of rotatable bonds is 6. The number of hydrogen-bond acceptors (Lipinski definition) is 5. The van der Waals surface area contributed by atoms with Gasteiger partial charge in [0.1, 0.15) is 11.8 Å². The average Bonchev–Trinajstić information content (AvgIpc) is 2.62. The van der Waals surface area contributed by atoms with Gasteiger partial charge >= 0.3 is 0 Å². The van der Waals surface area contributed by atoms with Crippen molar-refractivity contribution >= 4 is 17.8 Å². The van der Waals surface area contributed by atoms with Gasteiger partial charge in [0, 0.05) is 5.56 Å². The first-order valence-electron chi connectivity index (χ1n) is 7.28. The van der Waals surface area contributed by atoms with Gasteiger partial charge in [-0.2, -0.15) is 5.26 Å². The number of para-hydroxylation sites is 2. The number of carbonyl (C=O) groups is 1. The molecule has 0 aromatic heterocycles. The molecule has 24 heavy (non-hydrogen) atoms. The quantitative estimate of drug-likeness (QED) is 0.654. The molecule has 0 fully saturated rings. The van der Waals surface area contributed by atoms with Crippen molar-refractivity contribution in [3.05, 3.63) is 59.7 Å². The third-order valence-electron chi connectivity index (χ3n) is 3.22. The van der Waals surface area contributed by atoms with Crippen molar-refractivity contribution in [2.75, 3.05) is 12.4 Å². The van der Waals surface area contributed by atoms with E-state index in [4.69, 9.17) is 14.8 Å². The smallest absolute Gasteiger partial charge is 0.268 e. The molecule has 122 valence electrons. The second kappa shape index (κ2) is 8.34. The number of ether oxygens (including phenoxy) is 1. The normalized spacial score (nSPS) is 11.5. The monoisotopic (exact) mass is 323 g/mol. The summed E-state index contributed by atoms with van der Waals surface area (Å²) >= 11 is 0. The van der Waals surface area contributed by atoms with Crippen LogP contribution in [0.25, 0.3) is 0 Å². The van der Waals surface area contributed by atoms with Crippen LogP contribution in [0.4, 0.5) is 5.69 Å². The summed E-state index contributed by atoms with van der Waals surface area (Å²) in [7, 11) is 1.57. The van der Waals surface area contributed by atoms with Crippen LogP contribution in [0.15, 0.2) is 53.7 Å². The zero-order chi connectivity index (χ0) is 17.4. The Morgan fingerprint density at radius 2 is 1.96 bits per heavy atom. The molecule has 0 saturated carbocycles. The van der Waals surface area contributed by atoms with E-state index >= 15 is 0 Å². The maximum absolute atomic E-state index is 12.1. The fraction of sp³-hybridized carbons (Fsp3) is 0.167. The summed E-state index contributed by atoms with van der Waals surface area (Å²) in [6.07, 6.45) is 0.661. The SMILES string of the molecule is COc1ccccc1/C=N\O[C@@H](C)C(=O)Nc1ccccc1C#N. The summed E-state index contributed by atoms with van der Waals surface area (Å²) < 4.78 is 5.20. The van der Waals surface area contributed by atoms with Crippen LogP contribution >= 0.6 is 0 Å². The van der Waals surface area contributed by atoms with Gasteiger partial charge in [-0.3, -0.25) is 4.79 Å². The Morgan fingerprint density at radius 1 is 1.25 bits per heavy atom. The van der Waals surface area contributed by atoms with E-state index in [9.17, 15) is 4.79 Å². The zero-order valence-corrected chi connectivity index (χ0v) is 13.4. The molecule has 0 saturated heterocycles. The number of nitriles is 1. The number of nitrogens with zero attached hydrogens (tertiary/aromatic N) is 2. The molecule has 1 N–H and O–H groups in total. The second-order valence-electron chi connectivity index (χ2n) is 4.87. The van der Waals surface area contributed by atoms with E-state index < -0.39 is 12.0 Å². The molecule has 2 rings (SSSR count). The number of anilines is 1. The van der Waals surface area contributed by atoms with Crippen LogP contribution in [-0.4, -0.2) is 25.3 Å². The van der Waals surface area contributed by atoms with E-state index in [2.05, 4.69) is 10.5 Å². The van der Waals surface area contributed by atoms with Crippen LogP contribution < -0.4 is 10.1 Å². The van der Waals surface area contributed by atoms with Crippen molar-refractivity contribution in [1.29, 1.82) is 5.26 Å². The highest BCUT2D eigenvalue weighted by atomic mass is 16.6. The Labute approximate surface area is 140 Å². The van der Waals surface area contributed by atoms with Crippen LogP contribution in [0.3, 0.4) is 0 Å². The molecule has 0 radical (unpaired) electrons. The lowest BCUT2D eigenvalue weighted by atomic mass is 10.2. The molecule has 0 bridgehead atoms. The molecule has 0 heterocycles. The van der Waals surface area contributed by atoms with Gasteiger partial charge in [-0.15, -0.1) is 0 Å². The van der Waals surface area contributed by atoms with Crippen LogP contribution in [0, 0.1) is 11.3 Å². The van der Waals surface area contributed by atoms with Crippen molar-refractivity contribution in [3.63, 3.8) is 0 Å². The first-order valence-corrected chi connectivity index (χ1v) is 7.28. The van der Waals surface area contributed by atoms with Gasteiger partial charge in [0.2, 0.25) is 6.10 Å². The average molecular weight is 323 g/mol. The fourth-order valence-corrected chi connectivity index (χ4v) is 1.92. The highest BCUT2D eigenvalue weighted by molar-refractivity contribution is 5.95. The zero-order valence-electron chi connectivity index (χ0n) is 13.4. The third kappa shape index (κ3) is 4.34. The van der Waals surface area contributed by atoms with Crippen molar-refractivity contribution in [1.82, 2.24) is 0 Å². The predicted octanol–water partition coefficient (Wildman–Crippen LogP) is 2.94. The van der Waals surface area contributed by atoms with Crippen LogP contribution in [0.1, 0.15) is 18.1 Å². The summed E-state index contributed by atoms with van der Waals surface area (Å²) in [6.45, 7) is 1.57. The molecule has 0 aliphatic carbocycles. The molecule has 0 spiro atoms. The molecule has 1 atom stereocenters. The van der Waals surface area contributed by atoms with E-state index in [-0.39, 0.29) is 0 Å². The largest absolute Gasteiger partial charge is 0.496 e. The summed E-state index contributed by atoms with van der Waals surface area (Å²) in [5.74, 6) is 0.264. The van der Waals surface area contributed by atoms with Crippen molar-refractivity contribution < 1.29 is 14.4 Å². The maximum Gasteiger partial charge on any atom is 0.268 e. The van der Waals surface area contributed by atoms with Crippen molar-refractivity contribution in [2.24, 2.45) is 5.16 Å². The lowest BCUT2D eigenvalue weighted by Crippen LogP contribution is -2.26. The van der Waals surface area contributed by atoms with Crippen LogP contribution in [-0.2, 0) is 9.63 Å². The standard InChI is InChI=1S/C18H17N3O3/c1-13(18(22)21-16-9-5-3-7-14(16)11-19)24-20-12-15-8-4-6-10-17(15)23-2/h3-10,12-13H,1-2H3,(H,21,22)/b20-12-/t13-/m0/s1. The minimum atomic E-state index is -0.817. The van der Waals surface area contributed by atoms with Gasteiger partial charge in [-0.25, -0.2) is 0 Å². The van der Waals surface area contributed by atoms with Crippen LogP contribution in [0.2, 0.25) is 0 Å². The van der Waals surface area contributed by atoms with E-state index in [1.807, 2.05) is 24.3 Å². The molecule has 6 nitrogen and oxygen atoms in total. The molecule has 1 amide bonds. The first-order chi connectivity index (χ1) is 11.7. The summed E-state index contributed by atoms with van der Waals surface area (Å²) in [4.78, 5) is 17.3. The van der Waals surface area contributed by atoms with Crippen molar-refractivity contribution in [3.8, 4) is 11.8 Å². The van der Waals surface area contributed by atoms with E-state index in [1.54, 1.807) is 44.4 Å². The predicted molar refractivity (Wildman–Crippen MR) is 90.9 cm³/mol. The van der Waals surface area contributed by atoms with Crippen molar-refractivity contribution in [2.45, 2.75) is 13.0 Å².